The molecular weight excluding hydrogens is 215 g/mol. The second kappa shape index (κ2) is 8.92. The first-order chi connectivity index (χ1) is 7.54. The molecule has 0 amide bonds. The maximum Gasteiger partial charge on any atom is 0.111 e. The molecule has 7 heteroatoms. The zero-order chi connectivity index (χ0) is 12.6. The van der Waals surface area contributed by atoms with Crippen LogP contribution in [0, 0.1) is 0 Å². The molecule has 0 aliphatic carbocycles. The van der Waals surface area contributed by atoms with Crippen LogP contribution in [-0.4, -0.2) is 77.6 Å². The summed E-state index contributed by atoms with van der Waals surface area (Å²) in [5, 5.41) is 45.6. The predicted octanol–water partition coefficient (Wildman–Crippen LogP) is -2.58. The van der Waals surface area contributed by atoms with Crippen LogP contribution in [0.2, 0.25) is 6.32 Å². The second-order valence-electron chi connectivity index (χ2n) is 3.52. The number of aliphatic hydroxyl groups excluding tert-OH is 5. The van der Waals surface area contributed by atoms with Gasteiger partial charge in [0.2, 0.25) is 0 Å². The minimum absolute atomic E-state index is 0.170. The fraction of sp³-hybridized carbons (Fsp3) is 1.00. The lowest BCUT2D eigenvalue weighted by atomic mass is 10.0. The average Bonchev–Trinajstić information content (AvgIpc) is 2.31. The largest absolute Gasteiger partial charge is 0.394 e. The van der Waals surface area contributed by atoms with E-state index in [1.807, 2.05) is 0 Å². The lowest BCUT2D eigenvalue weighted by molar-refractivity contribution is -0.129. The van der Waals surface area contributed by atoms with Gasteiger partial charge < -0.3 is 30.3 Å². The summed E-state index contributed by atoms with van der Waals surface area (Å²) in [7, 11) is 5.22. The van der Waals surface area contributed by atoms with Crippen LogP contribution >= 0.6 is 0 Å². The molecule has 94 valence electrons. The molecule has 0 saturated carbocycles. The van der Waals surface area contributed by atoms with Crippen LogP contribution in [0.1, 0.15) is 6.42 Å². The highest BCUT2D eigenvalue weighted by molar-refractivity contribution is 6.08. The molecule has 16 heavy (non-hydrogen) atoms. The van der Waals surface area contributed by atoms with E-state index in [-0.39, 0.29) is 6.61 Å². The molecule has 0 aliphatic rings. The van der Waals surface area contributed by atoms with Gasteiger partial charge in [0.1, 0.15) is 24.4 Å². The summed E-state index contributed by atoms with van der Waals surface area (Å²) in [4.78, 5) is 0. The Kier molecular flexibility index (Phi) is 8.82. The van der Waals surface area contributed by atoms with E-state index in [0.717, 1.165) is 0 Å². The van der Waals surface area contributed by atoms with Gasteiger partial charge in [0.15, 0.2) is 0 Å². The van der Waals surface area contributed by atoms with E-state index >= 15 is 0 Å². The zero-order valence-corrected chi connectivity index (χ0v) is 9.07. The topological polar surface area (TPSA) is 110 Å². The van der Waals surface area contributed by atoms with Crippen LogP contribution in [0.4, 0.5) is 0 Å². The fourth-order valence-corrected chi connectivity index (χ4v) is 1.05. The maximum absolute atomic E-state index is 9.37. The summed E-state index contributed by atoms with van der Waals surface area (Å²) in [6.07, 6.45) is -4.91. The van der Waals surface area contributed by atoms with Crippen molar-refractivity contribution in [3.05, 3.63) is 0 Å². The van der Waals surface area contributed by atoms with Gasteiger partial charge in [-0.05, 0) is 6.42 Å². The zero-order valence-electron chi connectivity index (χ0n) is 9.07. The van der Waals surface area contributed by atoms with Crippen molar-refractivity contribution in [3.63, 3.8) is 0 Å². The van der Waals surface area contributed by atoms with Gasteiger partial charge in [-0.1, -0.05) is 6.32 Å². The van der Waals surface area contributed by atoms with Gasteiger partial charge in [-0.25, -0.2) is 0 Å². The van der Waals surface area contributed by atoms with Crippen molar-refractivity contribution in [3.8, 4) is 0 Å². The van der Waals surface area contributed by atoms with Crippen molar-refractivity contribution in [1.82, 2.24) is 0 Å². The van der Waals surface area contributed by atoms with Gasteiger partial charge in [-0.15, -0.1) is 0 Å². The van der Waals surface area contributed by atoms with Crippen LogP contribution in [0.3, 0.4) is 0 Å². The van der Waals surface area contributed by atoms with E-state index in [1.165, 1.54) is 0 Å². The average molecular weight is 234 g/mol. The highest BCUT2D eigenvalue weighted by Gasteiger charge is 2.29. The third-order valence-electron chi connectivity index (χ3n) is 2.11. The lowest BCUT2D eigenvalue weighted by Gasteiger charge is -2.25. The summed E-state index contributed by atoms with van der Waals surface area (Å²) in [6, 6.07) is 0. The van der Waals surface area contributed by atoms with Crippen LogP contribution in [0.5, 0.6) is 0 Å². The molecule has 0 aliphatic heterocycles. The van der Waals surface area contributed by atoms with Gasteiger partial charge in [0.05, 0.1) is 21.1 Å². The Bertz CT molecular complexity index is 170. The summed E-state index contributed by atoms with van der Waals surface area (Å²) < 4.78 is 4.98. The summed E-state index contributed by atoms with van der Waals surface area (Å²) in [5.41, 5.74) is 0. The quantitative estimate of drug-likeness (QED) is 0.221. The third-order valence-corrected chi connectivity index (χ3v) is 2.11. The maximum atomic E-state index is 9.37. The van der Waals surface area contributed by atoms with E-state index < -0.39 is 31.0 Å². The smallest absolute Gasteiger partial charge is 0.111 e. The molecule has 0 aromatic rings. The SMILES string of the molecule is [B]CCCOCC(O)C(O)C(O)C(O)CO. The van der Waals surface area contributed by atoms with Gasteiger partial charge in [-0.2, -0.15) is 0 Å². The molecule has 6 nitrogen and oxygen atoms in total. The van der Waals surface area contributed by atoms with Crippen LogP contribution in [-0.2, 0) is 4.74 Å². The molecular formula is C9H19BO6. The Morgan fingerprint density at radius 2 is 1.56 bits per heavy atom. The highest BCUT2D eigenvalue weighted by Crippen LogP contribution is 2.05. The van der Waals surface area contributed by atoms with E-state index in [4.69, 9.17) is 22.8 Å². The first kappa shape index (κ1) is 15.8. The molecule has 0 aromatic carbocycles. The van der Waals surface area contributed by atoms with Gasteiger partial charge in [0, 0.05) is 6.61 Å². The van der Waals surface area contributed by atoms with Crippen LogP contribution in [0.15, 0.2) is 0 Å². The second-order valence-corrected chi connectivity index (χ2v) is 3.52. The summed E-state index contributed by atoms with van der Waals surface area (Å²) >= 11 is 0. The van der Waals surface area contributed by atoms with Gasteiger partial charge >= 0.3 is 0 Å². The predicted molar refractivity (Wildman–Crippen MR) is 57.1 cm³/mol. The molecule has 0 fully saturated rings. The summed E-state index contributed by atoms with van der Waals surface area (Å²) in [6.45, 7) is -0.520. The molecule has 4 atom stereocenters. The monoisotopic (exact) mass is 234 g/mol. The Morgan fingerprint density at radius 1 is 1.00 bits per heavy atom. The molecule has 0 heterocycles. The number of aliphatic hydroxyl groups is 5. The van der Waals surface area contributed by atoms with E-state index in [0.29, 0.717) is 19.3 Å². The Labute approximate surface area is 95.9 Å². The lowest BCUT2D eigenvalue weighted by Crippen LogP contribution is -2.47. The molecule has 0 aromatic heterocycles. The number of hydrogen-bond donors (Lipinski definition) is 5. The van der Waals surface area contributed by atoms with Crippen molar-refractivity contribution in [1.29, 1.82) is 0 Å². The number of rotatable bonds is 9. The molecule has 4 unspecified atom stereocenters. The number of ether oxygens (including phenoxy) is 1. The molecule has 0 bridgehead atoms. The normalized spacial score (nSPS) is 19.1. The van der Waals surface area contributed by atoms with Gasteiger partial charge in [0.25, 0.3) is 0 Å². The van der Waals surface area contributed by atoms with E-state index in [1.54, 1.807) is 0 Å². The first-order valence-electron chi connectivity index (χ1n) is 5.15. The Morgan fingerprint density at radius 3 is 2.06 bits per heavy atom. The fourth-order valence-electron chi connectivity index (χ4n) is 1.05. The standard InChI is InChI=1S/C9H19BO6/c10-2-1-3-16-5-7(13)9(15)8(14)6(12)4-11/h6-9,11-15H,1-5H2. The first-order valence-corrected chi connectivity index (χ1v) is 5.15. The van der Waals surface area contributed by atoms with Crippen LogP contribution < -0.4 is 0 Å². The van der Waals surface area contributed by atoms with Crippen LogP contribution in [0.25, 0.3) is 0 Å². The minimum atomic E-state index is -1.61. The molecule has 0 spiro atoms. The van der Waals surface area contributed by atoms with Crippen molar-refractivity contribution < 1.29 is 30.3 Å². The Balaban J connectivity index is 3.83. The van der Waals surface area contributed by atoms with Crippen molar-refractivity contribution in [2.45, 2.75) is 37.2 Å². The van der Waals surface area contributed by atoms with E-state index in [9.17, 15) is 15.3 Å². The van der Waals surface area contributed by atoms with Crippen molar-refractivity contribution in [2.75, 3.05) is 19.8 Å². The molecule has 5 N–H and O–H groups in total. The molecule has 0 rings (SSSR count). The summed E-state index contributed by atoms with van der Waals surface area (Å²) in [5.74, 6) is 0. The Hall–Kier alpha value is -0.175. The number of hydrogen-bond acceptors (Lipinski definition) is 6. The molecule has 2 radical (unpaired) electrons. The van der Waals surface area contributed by atoms with Crippen molar-refractivity contribution in [2.24, 2.45) is 0 Å². The van der Waals surface area contributed by atoms with Crippen molar-refractivity contribution >= 4 is 7.85 Å². The third kappa shape index (κ3) is 5.79. The minimum Gasteiger partial charge on any atom is -0.394 e. The van der Waals surface area contributed by atoms with E-state index in [2.05, 4.69) is 0 Å². The highest BCUT2D eigenvalue weighted by atomic mass is 16.5. The molecule has 0 saturated heterocycles. The van der Waals surface area contributed by atoms with Gasteiger partial charge in [-0.3, -0.25) is 0 Å².